The van der Waals surface area contributed by atoms with Crippen LogP contribution in [0.5, 0.6) is 0 Å². The lowest BCUT2D eigenvalue weighted by Crippen LogP contribution is -2.46. The van der Waals surface area contributed by atoms with Gasteiger partial charge in [-0.2, -0.15) is 0 Å². The number of nitrogens with one attached hydrogen (secondary N) is 1. The summed E-state index contributed by atoms with van der Waals surface area (Å²) in [5.74, 6) is -0.968. The topological polar surface area (TPSA) is 88.0 Å². The predicted octanol–water partition coefficient (Wildman–Crippen LogP) is 3.77. The number of benzene rings is 1. The molecule has 0 bridgehead atoms. The van der Waals surface area contributed by atoms with Gasteiger partial charge in [-0.3, -0.25) is 9.78 Å². The van der Waals surface area contributed by atoms with Gasteiger partial charge in [0.2, 0.25) is 0 Å². The number of halogens is 2. The van der Waals surface area contributed by atoms with Crippen LogP contribution in [-0.4, -0.2) is 45.3 Å². The van der Waals surface area contributed by atoms with Gasteiger partial charge in [-0.05, 0) is 24.3 Å². The van der Waals surface area contributed by atoms with E-state index in [0.29, 0.717) is 11.3 Å². The van der Waals surface area contributed by atoms with Gasteiger partial charge in [0.05, 0.1) is 29.5 Å². The van der Waals surface area contributed by atoms with E-state index < -0.39 is 17.4 Å². The average Bonchev–Trinajstić information content (AvgIpc) is 3.16. The number of hydrogen-bond donors (Lipinski definition) is 2. The summed E-state index contributed by atoms with van der Waals surface area (Å²) in [6.45, 7) is 0.605. The Bertz CT molecular complexity index is 1160. The van der Waals surface area contributed by atoms with Crippen molar-refractivity contribution in [1.29, 1.82) is 5.41 Å². The number of nitrogens with zero attached hydrogens (tertiary/aromatic N) is 3. The minimum atomic E-state index is -1.48. The molecule has 1 saturated heterocycles. The molecule has 0 aliphatic carbocycles. The largest absolute Gasteiger partial charge is 0.404 e. The van der Waals surface area contributed by atoms with Crippen LogP contribution >= 0.6 is 0 Å². The molecule has 31 heavy (non-hydrogen) atoms. The number of carbonyl (C=O) groups is 1. The summed E-state index contributed by atoms with van der Waals surface area (Å²) >= 11 is 0. The molecule has 4 rings (SSSR count). The molecule has 3 heterocycles. The Morgan fingerprint density at radius 3 is 2.68 bits per heavy atom. The molecule has 1 aliphatic rings. The second-order valence-electron chi connectivity index (χ2n) is 7.76. The highest BCUT2D eigenvalue weighted by Crippen LogP contribution is 2.31. The van der Waals surface area contributed by atoms with Gasteiger partial charge in [-0.1, -0.05) is 12.1 Å². The molecule has 160 valence electrons. The van der Waals surface area contributed by atoms with Gasteiger partial charge in [0, 0.05) is 55.5 Å². The fourth-order valence-electron chi connectivity index (χ4n) is 3.97. The van der Waals surface area contributed by atoms with Crippen molar-refractivity contribution >= 4 is 28.6 Å². The normalized spacial score (nSPS) is 16.5. The van der Waals surface area contributed by atoms with Gasteiger partial charge < -0.3 is 20.6 Å². The third-order valence-electron chi connectivity index (χ3n) is 5.79. The number of allylic oxidation sites excluding steroid dienone is 1. The lowest BCUT2D eigenvalue weighted by molar-refractivity contribution is 0.0359. The van der Waals surface area contributed by atoms with E-state index in [1.807, 2.05) is 22.9 Å². The van der Waals surface area contributed by atoms with Gasteiger partial charge in [0.1, 0.15) is 11.5 Å². The third kappa shape index (κ3) is 4.05. The number of nitrogens with two attached hydrogens (primary N) is 1. The number of pyridine rings is 1. The summed E-state index contributed by atoms with van der Waals surface area (Å²) in [5, 5.41) is 8.28. The summed E-state index contributed by atoms with van der Waals surface area (Å²) in [5.41, 5.74) is 5.93. The molecule has 1 amide bonds. The van der Waals surface area contributed by atoms with E-state index in [0.717, 1.165) is 17.1 Å². The second-order valence-corrected chi connectivity index (χ2v) is 7.76. The van der Waals surface area contributed by atoms with Crippen molar-refractivity contribution < 1.29 is 13.6 Å². The number of fused-ring (bicyclic) bond motifs is 1. The minimum absolute atomic E-state index is 0.0166. The van der Waals surface area contributed by atoms with Crippen LogP contribution in [0.2, 0.25) is 0 Å². The summed E-state index contributed by atoms with van der Waals surface area (Å²) < 4.78 is 31.3. The molecule has 3 N–H and O–H groups in total. The smallest absolute Gasteiger partial charge is 0.256 e. The standard InChI is InChI=1S/C23H23F2N5O/c24-19-4-2-1-3-18(19)22(31)29-9-6-23(25,7-10-29)15-30-8-5-16-11-20(17(12-26)13-27)28-14-21(16)30/h1-5,8,11-14,26H,6-7,9-10,15,27H2. The zero-order valence-electron chi connectivity index (χ0n) is 16.9. The Morgan fingerprint density at radius 2 is 2.00 bits per heavy atom. The highest BCUT2D eigenvalue weighted by molar-refractivity contribution is 6.08. The van der Waals surface area contributed by atoms with Gasteiger partial charge in [-0.25, -0.2) is 8.78 Å². The van der Waals surface area contributed by atoms with Gasteiger partial charge >= 0.3 is 0 Å². The molecule has 3 aromatic rings. The number of alkyl halides is 1. The number of piperidine rings is 1. The molecule has 2 aromatic heterocycles. The van der Waals surface area contributed by atoms with Crippen LogP contribution in [0.4, 0.5) is 8.78 Å². The average molecular weight is 423 g/mol. The Labute approximate surface area is 178 Å². The molecule has 0 saturated carbocycles. The lowest BCUT2D eigenvalue weighted by Gasteiger charge is -2.36. The van der Waals surface area contributed by atoms with Crippen molar-refractivity contribution in [3.05, 3.63) is 72.1 Å². The van der Waals surface area contributed by atoms with E-state index in [9.17, 15) is 9.18 Å². The molecule has 1 aliphatic heterocycles. The second kappa shape index (κ2) is 8.29. The molecule has 0 unspecified atom stereocenters. The van der Waals surface area contributed by atoms with E-state index in [1.165, 1.54) is 29.3 Å². The van der Waals surface area contributed by atoms with Crippen molar-refractivity contribution in [3.63, 3.8) is 0 Å². The van der Waals surface area contributed by atoms with Crippen LogP contribution in [0.25, 0.3) is 16.5 Å². The number of rotatable bonds is 5. The van der Waals surface area contributed by atoms with E-state index in [2.05, 4.69) is 4.98 Å². The van der Waals surface area contributed by atoms with Crippen molar-refractivity contribution in [1.82, 2.24) is 14.5 Å². The first kappa shape index (κ1) is 20.7. The predicted molar refractivity (Wildman–Crippen MR) is 116 cm³/mol. The molecule has 1 fully saturated rings. The first-order chi connectivity index (χ1) is 14.9. The third-order valence-corrected chi connectivity index (χ3v) is 5.79. The Kier molecular flexibility index (Phi) is 5.54. The van der Waals surface area contributed by atoms with Crippen LogP contribution < -0.4 is 5.73 Å². The van der Waals surface area contributed by atoms with Crippen LogP contribution in [-0.2, 0) is 6.54 Å². The number of carbonyl (C=O) groups excluding carboxylic acids is 1. The maximum absolute atomic E-state index is 15.6. The highest BCUT2D eigenvalue weighted by atomic mass is 19.1. The SMILES string of the molecule is N=CC(=CN)c1cc2ccn(CC3(F)CCN(C(=O)c4ccccc4F)CC3)c2cn1. The van der Waals surface area contributed by atoms with E-state index in [-0.39, 0.29) is 38.0 Å². The van der Waals surface area contributed by atoms with Crippen molar-refractivity contribution in [3.8, 4) is 0 Å². The zero-order chi connectivity index (χ0) is 22.0. The Hall–Kier alpha value is -3.55. The van der Waals surface area contributed by atoms with E-state index >= 15 is 4.39 Å². The number of likely N-dealkylation sites (tertiary alicyclic amines) is 1. The molecular formula is C23H23F2N5O. The molecule has 8 heteroatoms. The van der Waals surface area contributed by atoms with Crippen molar-refractivity contribution in [2.75, 3.05) is 13.1 Å². The molecule has 1 aromatic carbocycles. The molecule has 0 radical (unpaired) electrons. The quantitative estimate of drug-likeness (QED) is 0.613. The first-order valence-electron chi connectivity index (χ1n) is 10.0. The van der Waals surface area contributed by atoms with Gasteiger partial charge in [-0.15, -0.1) is 0 Å². The molecule has 0 atom stereocenters. The number of aromatic nitrogens is 2. The first-order valence-corrected chi connectivity index (χ1v) is 10.0. The van der Waals surface area contributed by atoms with Crippen LogP contribution in [0, 0.1) is 11.2 Å². The summed E-state index contributed by atoms with van der Waals surface area (Å²) in [6, 6.07) is 9.54. The summed E-state index contributed by atoms with van der Waals surface area (Å²) in [6.07, 6.45) is 6.27. The van der Waals surface area contributed by atoms with E-state index in [1.54, 1.807) is 12.3 Å². The fourth-order valence-corrected chi connectivity index (χ4v) is 3.97. The van der Waals surface area contributed by atoms with Crippen LogP contribution in [0.1, 0.15) is 28.9 Å². The maximum Gasteiger partial charge on any atom is 0.256 e. The van der Waals surface area contributed by atoms with E-state index in [4.69, 9.17) is 11.1 Å². The Balaban J connectivity index is 1.47. The van der Waals surface area contributed by atoms with Crippen LogP contribution in [0.15, 0.2) is 55.0 Å². The van der Waals surface area contributed by atoms with Gasteiger partial charge in [0.25, 0.3) is 5.91 Å². The number of hydrogen-bond acceptors (Lipinski definition) is 4. The van der Waals surface area contributed by atoms with Crippen molar-refractivity contribution in [2.24, 2.45) is 5.73 Å². The molecule has 0 spiro atoms. The summed E-state index contributed by atoms with van der Waals surface area (Å²) in [4.78, 5) is 18.4. The minimum Gasteiger partial charge on any atom is -0.404 e. The van der Waals surface area contributed by atoms with Crippen molar-refractivity contribution in [2.45, 2.75) is 25.1 Å². The zero-order valence-corrected chi connectivity index (χ0v) is 16.9. The lowest BCUT2D eigenvalue weighted by atomic mass is 9.92. The molecule has 6 nitrogen and oxygen atoms in total. The Morgan fingerprint density at radius 1 is 1.26 bits per heavy atom. The fraction of sp³-hybridized carbons (Fsp3) is 0.261. The maximum atomic E-state index is 15.6. The van der Waals surface area contributed by atoms with Crippen LogP contribution in [0.3, 0.4) is 0 Å². The highest BCUT2D eigenvalue weighted by Gasteiger charge is 2.37. The monoisotopic (exact) mass is 423 g/mol. The summed E-state index contributed by atoms with van der Waals surface area (Å²) in [7, 11) is 0. The van der Waals surface area contributed by atoms with Gasteiger partial charge in [0.15, 0.2) is 0 Å². The molecular weight excluding hydrogens is 400 g/mol. The number of amides is 1.